The van der Waals surface area contributed by atoms with Crippen molar-refractivity contribution < 1.29 is 30.7 Å². The van der Waals surface area contributed by atoms with Crippen LogP contribution in [0.2, 0.25) is 0 Å². The molecule has 2 nitrogen and oxygen atoms in total. The molecule has 2 atom stereocenters. The van der Waals surface area contributed by atoms with Crippen molar-refractivity contribution in [2.45, 2.75) is 31.2 Å². The summed E-state index contributed by atoms with van der Waals surface area (Å²) >= 11 is 0. The van der Waals surface area contributed by atoms with Crippen molar-refractivity contribution in [2.75, 3.05) is 19.6 Å². The molecule has 2 N–H and O–H groups in total. The van der Waals surface area contributed by atoms with Crippen LogP contribution in [0.15, 0.2) is 42.5 Å². The molecule has 1 heterocycles. The van der Waals surface area contributed by atoms with Crippen LogP contribution in [0.4, 0.5) is 30.7 Å². The molecule has 0 aromatic heterocycles. The van der Waals surface area contributed by atoms with Gasteiger partial charge in [0.1, 0.15) is 5.82 Å². The quantitative estimate of drug-likeness (QED) is 0.621. The number of hydrogen-bond donors (Lipinski definition) is 2. The summed E-state index contributed by atoms with van der Waals surface area (Å²) in [6.07, 6.45) is -8.92. The minimum Gasteiger partial charge on any atom is -0.316 e. The highest BCUT2D eigenvalue weighted by Crippen LogP contribution is 2.36. The summed E-state index contributed by atoms with van der Waals surface area (Å²) in [6, 6.07) is 7.77. The average molecular weight is 434 g/mol. The van der Waals surface area contributed by atoms with Crippen molar-refractivity contribution in [2.24, 2.45) is 5.92 Å². The molecule has 30 heavy (non-hydrogen) atoms. The van der Waals surface area contributed by atoms with Crippen LogP contribution in [0.3, 0.4) is 0 Å². The monoisotopic (exact) mass is 434 g/mol. The van der Waals surface area contributed by atoms with Gasteiger partial charge in [0.15, 0.2) is 0 Å². The molecule has 0 saturated carbocycles. The second kappa shape index (κ2) is 8.93. The zero-order chi connectivity index (χ0) is 21.9. The second-order valence-electron chi connectivity index (χ2n) is 7.46. The predicted octanol–water partition coefficient (Wildman–Crippen LogP) is 5.35. The lowest BCUT2D eigenvalue weighted by molar-refractivity contribution is -0.143. The number of alkyl halides is 6. The Balaban J connectivity index is 1.70. The molecule has 0 spiro atoms. The number of piperidine rings is 1. The Labute approximate surface area is 169 Å². The summed E-state index contributed by atoms with van der Waals surface area (Å²) in [5.41, 5.74) is -1.77. The van der Waals surface area contributed by atoms with Crippen molar-refractivity contribution in [1.29, 1.82) is 0 Å². The lowest BCUT2D eigenvalue weighted by Gasteiger charge is -2.33. The van der Waals surface area contributed by atoms with Gasteiger partial charge in [0.05, 0.1) is 11.1 Å². The first-order valence-electron chi connectivity index (χ1n) is 9.49. The van der Waals surface area contributed by atoms with Gasteiger partial charge < -0.3 is 10.6 Å². The molecule has 9 heteroatoms. The van der Waals surface area contributed by atoms with Crippen molar-refractivity contribution in [1.82, 2.24) is 10.6 Å². The Kier molecular flexibility index (Phi) is 6.71. The summed E-state index contributed by atoms with van der Waals surface area (Å²) in [7, 11) is 0. The van der Waals surface area contributed by atoms with Gasteiger partial charge in [-0.05, 0) is 72.8 Å². The summed E-state index contributed by atoms with van der Waals surface area (Å²) < 4.78 is 91.2. The number of halogens is 7. The molecule has 3 rings (SSSR count). The molecule has 1 saturated heterocycles. The first-order valence-corrected chi connectivity index (χ1v) is 9.49. The summed E-state index contributed by atoms with van der Waals surface area (Å²) in [5, 5.41) is 6.23. The fourth-order valence-corrected chi connectivity index (χ4v) is 3.81. The molecule has 0 bridgehead atoms. The van der Waals surface area contributed by atoms with E-state index in [2.05, 4.69) is 10.6 Å². The third-order valence-electron chi connectivity index (χ3n) is 5.29. The van der Waals surface area contributed by atoms with E-state index in [9.17, 15) is 30.7 Å². The molecule has 1 aliphatic rings. The van der Waals surface area contributed by atoms with Gasteiger partial charge in [-0.15, -0.1) is 0 Å². The average Bonchev–Trinajstić information content (AvgIpc) is 2.67. The lowest BCUT2D eigenvalue weighted by Crippen LogP contribution is -2.40. The minimum absolute atomic E-state index is 0.0668. The van der Waals surface area contributed by atoms with E-state index in [1.807, 2.05) is 0 Å². The Bertz CT molecular complexity index is 812. The number of rotatable bonds is 5. The molecule has 0 amide bonds. The zero-order valence-corrected chi connectivity index (χ0v) is 15.9. The van der Waals surface area contributed by atoms with Crippen LogP contribution in [0, 0.1) is 11.7 Å². The smallest absolute Gasteiger partial charge is 0.316 e. The van der Waals surface area contributed by atoms with Crippen molar-refractivity contribution in [3.63, 3.8) is 0 Å². The second-order valence-corrected chi connectivity index (χ2v) is 7.46. The van der Waals surface area contributed by atoms with E-state index in [0.29, 0.717) is 13.1 Å². The van der Waals surface area contributed by atoms with Crippen LogP contribution in [0.5, 0.6) is 0 Å². The van der Waals surface area contributed by atoms with Gasteiger partial charge in [0.25, 0.3) is 0 Å². The minimum atomic E-state index is -4.86. The highest BCUT2D eigenvalue weighted by molar-refractivity contribution is 5.33. The third-order valence-corrected chi connectivity index (χ3v) is 5.29. The Morgan fingerprint density at radius 2 is 1.50 bits per heavy atom. The first-order chi connectivity index (χ1) is 14.0. The maximum atomic E-state index is 13.2. The standard InChI is InChI=1S/C21H21F7N2/c22-18-3-1-14(2-4-18)19-5-6-29-11-15(19)12-30-10-13-7-16(20(23,24)25)9-17(8-13)21(26,27)28/h1-4,7-9,15,19,29-30H,5-6,10-12H2/t15?,19-/m0/s1. The molecule has 1 fully saturated rings. The van der Waals surface area contributed by atoms with Crippen LogP contribution in [-0.2, 0) is 18.9 Å². The van der Waals surface area contributed by atoms with E-state index in [-0.39, 0.29) is 35.8 Å². The van der Waals surface area contributed by atoms with Gasteiger partial charge in [-0.2, -0.15) is 26.3 Å². The lowest BCUT2D eigenvalue weighted by atomic mass is 9.81. The Morgan fingerprint density at radius 1 is 0.900 bits per heavy atom. The molecular formula is C21H21F7N2. The van der Waals surface area contributed by atoms with Crippen molar-refractivity contribution in [3.8, 4) is 0 Å². The fraction of sp³-hybridized carbons (Fsp3) is 0.429. The SMILES string of the molecule is Fc1ccc([C@@H]2CCNCC2CNCc2cc(C(F)(F)F)cc(C(F)(F)F)c2)cc1. The van der Waals surface area contributed by atoms with Gasteiger partial charge in [0.2, 0.25) is 0 Å². The summed E-state index contributed by atoms with van der Waals surface area (Å²) in [4.78, 5) is 0. The van der Waals surface area contributed by atoms with E-state index in [1.165, 1.54) is 12.1 Å². The van der Waals surface area contributed by atoms with Gasteiger partial charge in [-0.25, -0.2) is 4.39 Å². The van der Waals surface area contributed by atoms with Crippen LogP contribution in [-0.4, -0.2) is 19.6 Å². The van der Waals surface area contributed by atoms with E-state index in [4.69, 9.17) is 0 Å². The first kappa shape index (κ1) is 22.6. The summed E-state index contributed by atoms with van der Waals surface area (Å²) in [5.74, 6) is -0.156. The fourth-order valence-electron chi connectivity index (χ4n) is 3.81. The number of hydrogen-bond acceptors (Lipinski definition) is 2. The topological polar surface area (TPSA) is 24.1 Å². The Morgan fingerprint density at radius 3 is 2.07 bits per heavy atom. The van der Waals surface area contributed by atoms with Gasteiger partial charge in [-0.3, -0.25) is 0 Å². The normalized spacial score (nSPS) is 20.4. The molecule has 1 unspecified atom stereocenters. The largest absolute Gasteiger partial charge is 0.416 e. The molecule has 0 aliphatic carbocycles. The van der Waals surface area contributed by atoms with E-state index < -0.39 is 23.5 Å². The predicted molar refractivity (Wildman–Crippen MR) is 98.3 cm³/mol. The highest BCUT2D eigenvalue weighted by atomic mass is 19.4. The highest BCUT2D eigenvalue weighted by Gasteiger charge is 2.37. The molecule has 2 aromatic rings. The van der Waals surface area contributed by atoms with E-state index >= 15 is 0 Å². The molecule has 164 valence electrons. The van der Waals surface area contributed by atoms with Crippen LogP contribution >= 0.6 is 0 Å². The van der Waals surface area contributed by atoms with Gasteiger partial charge in [-0.1, -0.05) is 12.1 Å². The molecule has 0 radical (unpaired) electrons. The maximum Gasteiger partial charge on any atom is 0.416 e. The number of nitrogens with one attached hydrogen (secondary N) is 2. The Hall–Kier alpha value is -2.13. The van der Waals surface area contributed by atoms with E-state index in [0.717, 1.165) is 30.7 Å². The number of benzene rings is 2. The molecule has 2 aromatic carbocycles. The molecular weight excluding hydrogens is 413 g/mol. The van der Waals surface area contributed by atoms with Gasteiger partial charge in [0, 0.05) is 13.1 Å². The third kappa shape index (κ3) is 5.72. The van der Waals surface area contributed by atoms with Crippen LogP contribution < -0.4 is 10.6 Å². The van der Waals surface area contributed by atoms with Crippen molar-refractivity contribution >= 4 is 0 Å². The zero-order valence-electron chi connectivity index (χ0n) is 15.9. The van der Waals surface area contributed by atoms with Crippen molar-refractivity contribution in [3.05, 3.63) is 70.5 Å². The van der Waals surface area contributed by atoms with Crippen LogP contribution in [0.25, 0.3) is 0 Å². The summed E-state index contributed by atoms with van der Waals surface area (Å²) in [6.45, 7) is 1.69. The van der Waals surface area contributed by atoms with Crippen LogP contribution in [0.1, 0.15) is 34.6 Å². The van der Waals surface area contributed by atoms with E-state index in [1.54, 1.807) is 12.1 Å². The van der Waals surface area contributed by atoms with Gasteiger partial charge >= 0.3 is 12.4 Å². The molecule has 1 aliphatic heterocycles. The maximum absolute atomic E-state index is 13.2.